The Bertz CT molecular complexity index is 522. The summed E-state index contributed by atoms with van der Waals surface area (Å²) in [4.78, 5) is 14.7. The van der Waals surface area contributed by atoms with Crippen molar-refractivity contribution in [3.63, 3.8) is 0 Å². The quantitative estimate of drug-likeness (QED) is 0.648. The van der Waals surface area contributed by atoms with Gasteiger partial charge in [0.2, 0.25) is 0 Å². The first-order valence-corrected chi connectivity index (χ1v) is 5.23. The van der Waals surface area contributed by atoms with E-state index in [9.17, 15) is 10.1 Å². The van der Waals surface area contributed by atoms with Gasteiger partial charge in [0.1, 0.15) is 11.4 Å². The lowest BCUT2D eigenvalue weighted by atomic mass is 10.2. The Kier molecular flexibility index (Phi) is 3.04. The van der Waals surface area contributed by atoms with Crippen molar-refractivity contribution in [1.29, 1.82) is 0 Å². The summed E-state index contributed by atoms with van der Waals surface area (Å²) in [7, 11) is 0. The number of anilines is 1. The Hall–Kier alpha value is -2.37. The topological polar surface area (TPSA) is 73.0 Å². The third-order valence-electron chi connectivity index (χ3n) is 2.35. The first-order chi connectivity index (χ1) is 8.24. The molecule has 0 saturated heterocycles. The van der Waals surface area contributed by atoms with Crippen molar-refractivity contribution in [2.75, 3.05) is 11.9 Å². The molecule has 2 rings (SSSR count). The summed E-state index contributed by atoms with van der Waals surface area (Å²) in [5.41, 5.74) is 1.09. The van der Waals surface area contributed by atoms with Gasteiger partial charge in [-0.15, -0.1) is 0 Å². The van der Waals surface area contributed by atoms with Gasteiger partial charge in [0, 0.05) is 18.9 Å². The van der Waals surface area contributed by atoms with Crippen LogP contribution >= 0.6 is 0 Å². The summed E-state index contributed by atoms with van der Waals surface area (Å²) >= 11 is 0. The average molecular weight is 232 g/mol. The van der Waals surface area contributed by atoms with Gasteiger partial charge in [-0.05, 0) is 19.1 Å². The number of rotatable bonds is 4. The lowest BCUT2D eigenvalue weighted by Gasteiger charge is -2.08. The van der Waals surface area contributed by atoms with Crippen molar-refractivity contribution in [1.82, 2.24) is 9.55 Å². The second-order valence-electron chi connectivity index (χ2n) is 3.43. The zero-order valence-corrected chi connectivity index (χ0v) is 9.33. The van der Waals surface area contributed by atoms with Crippen LogP contribution in [0.3, 0.4) is 0 Å². The molecule has 0 aliphatic carbocycles. The van der Waals surface area contributed by atoms with Crippen LogP contribution in [0.15, 0.2) is 36.9 Å². The molecular formula is C11H12N4O2. The molecule has 0 atom stereocenters. The minimum Gasteiger partial charge on any atom is -0.380 e. The highest BCUT2D eigenvalue weighted by Crippen LogP contribution is 2.31. The maximum Gasteiger partial charge on any atom is 0.316 e. The molecule has 1 aromatic carbocycles. The summed E-state index contributed by atoms with van der Waals surface area (Å²) in [6.07, 6.45) is 4.81. The minimum atomic E-state index is -0.382. The molecule has 88 valence electrons. The molecule has 6 nitrogen and oxygen atoms in total. The third-order valence-corrected chi connectivity index (χ3v) is 2.35. The first-order valence-electron chi connectivity index (χ1n) is 5.23. The Morgan fingerprint density at radius 2 is 2.35 bits per heavy atom. The van der Waals surface area contributed by atoms with Crippen LogP contribution in [-0.2, 0) is 0 Å². The van der Waals surface area contributed by atoms with Gasteiger partial charge >= 0.3 is 5.69 Å². The SMILES string of the molecule is CCNc1cccc(-n2ccnc2)c1[N+](=O)[O-]. The van der Waals surface area contributed by atoms with Crippen molar-refractivity contribution < 1.29 is 4.92 Å². The van der Waals surface area contributed by atoms with Gasteiger partial charge in [-0.1, -0.05) is 6.07 Å². The van der Waals surface area contributed by atoms with E-state index in [-0.39, 0.29) is 10.6 Å². The number of nitro groups is 1. The number of para-hydroxylation sites is 1. The zero-order valence-electron chi connectivity index (χ0n) is 9.33. The molecule has 0 unspecified atom stereocenters. The van der Waals surface area contributed by atoms with Crippen LogP contribution in [0.5, 0.6) is 0 Å². The number of aromatic nitrogens is 2. The highest BCUT2D eigenvalue weighted by atomic mass is 16.6. The molecular weight excluding hydrogens is 220 g/mol. The minimum absolute atomic E-state index is 0.0624. The fraction of sp³-hybridized carbons (Fsp3) is 0.182. The number of hydrogen-bond acceptors (Lipinski definition) is 4. The summed E-state index contributed by atoms with van der Waals surface area (Å²) in [6, 6.07) is 5.17. The van der Waals surface area contributed by atoms with E-state index in [2.05, 4.69) is 10.3 Å². The fourth-order valence-electron chi connectivity index (χ4n) is 1.67. The van der Waals surface area contributed by atoms with E-state index in [0.29, 0.717) is 17.9 Å². The zero-order chi connectivity index (χ0) is 12.3. The van der Waals surface area contributed by atoms with Gasteiger partial charge in [0.05, 0.1) is 11.3 Å². The molecule has 0 bridgehead atoms. The molecule has 1 N–H and O–H groups in total. The first kappa shape index (κ1) is 11.1. The Morgan fingerprint density at radius 3 is 2.94 bits per heavy atom. The number of nitrogens with zero attached hydrogens (tertiary/aromatic N) is 3. The van der Waals surface area contributed by atoms with Crippen LogP contribution in [0.1, 0.15) is 6.92 Å². The third kappa shape index (κ3) is 2.10. The van der Waals surface area contributed by atoms with Crippen molar-refractivity contribution in [3.8, 4) is 5.69 Å². The molecule has 0 amide bonds. The number of benzene rings is 1. The van der Waals surface area contributed by atoms with Crippen LogP contribution < -0.4 is 5.32 Å². The molecule has 0 spiro atoms. The normalized spacial score (nSPS) is 10.2. The fourth-order valence-corrected chi connectivity index (χ4v) is 1.67. The van der Waals surface area contributed by atoms with Crippen LogP contribution in [0, 0.1) is 10.1 Å². The lowest BCUT2D eigenvalue weighted by molar-refractivity contribution is -0.383. The van der Waals surface area contributed by atoms with Crippen LogP contribution in [0.2, 0.25) is 0 Å². The Labute approximate surface area is 98.1 Å². The van der Waals surface area contributed by atoms with Crippen molar-refractivity contribution >= 4 is 11.4 Å². The highest BCUT2D eigenvalue weighted by Gasteiger charge is 2.20. The predicted octanol–water partition coefficient (Wildman–Crippen LogP) is 2.21. The number of nitrogens with one attached hydrogen (secondary N) is 1. The van der Waals surface area contributed by atoms with E-state index in [1.165, 1.54) is 6.33 Å². The van der Waals surface area contributed by atoms with Crippen molar-refractivity contribution in [2.45, 2.75) is 6.92 Å². The van der Waals surface area contributed by atoms with E-state index in [0.717, 1.165) is 0 Å². The molecule has 17 heavy (non-hydrogen) atoms. The van der Waals surface area contributed by atoms with Gasteiger partial charge in [0.15, 0.2) is 0 Å². The molecule has 1 aromatic heterocycles. The van der Waals surface area contributed by atoms with Gasteiger partial charge in [-0.25, -0.2) is 4.98 Å². The smallest absolute Gasteiger partial charge is 0.316 e. The van der Waals surface area contributed by atoms with Crippen molar-refractivity contribution in [3.05, 3.63) is 47.0 Å². The molecule has 6 heteroatoms. The number of hydrogen-bond donors (Lipinski definition) is 1. The van der Waals surface area contributed by atoms with Crippen LogP contribution in [-0.4, -0.2) is 21.0 Å². The van der Waals surface area contributed by atoms with E-state index in [1.54, 1.807) is 35.2 Å². The van der Waals surface area contributed by atoms with Gasteiger partial charge in [-0.3, -0.25) is 10.1 Å². The van der Waals surface area contributed by atoms with Gasteiger partial charge < -0.3 is 9.88 Å². The van der Waals surface area contributed by atoms with Crippen LogP contribution in [0.25, 0.3) is 5.69 Å². The second-order valence-corrected chi connectivity index (χ2v) is 3.43. The van der Waals surface area contributed by atoms with E-state index >= 15 is 0 Å². The molecule has 2 aromatic rings. The maximum atomic E-state index is 11.1. The molecule has 0 saturated carbocycles. The maximum absolute atomic E-state index is 11.1. The van der Waals surface area contributed by atoms with E-state index < -0.39 is 0 Å². The standard InChI is InChI=1S/C11H12N4O2/c1-2-13-9-4-3-5-10(11(9)15(16)17)14-7-6-12-8-14/h3-8,13H,2H2,1H3. The summed E-state index contributed by atoms with van der Waals surface area (Å²) in [5, 5.41) is 14.1. The summed E-state index contributed by atoms with van der Waals surface area (Å²) < 4.78 is 1.62. The van der Waals surface area contributed by atoms with Gasteiger partial charge in [0.25, 0.3) is 0 Å². The Morgan fingerprint density at radius 1 is 1.53 bits per heavy atom. The van der Waals surface area contributed by atoms with Crippen molar-refractivity contribution in [2.24, 2.45) is 0 Å². The molecule has 0 aliphatic heterocycles. The monoisotopic (exact) mass is 232 g/mol. The number of nitro benzene ring substituents is 1. The highest BCUT2D eigenvalue weighted by molar-refractivity contribution is 5.71. The number of imidazole rings is 1. The molecule has 1 heterocycles. The predicted molar refractivity (Wildman–Crippen MR) is 64.4 cm³/mol. The Balaban J connectivity index is 2.59. The molecule has 0 radical (unpaired) electrons. The summed E-state index contributed by atoms with van der Waals surface area (Å²) in [6.45, 7) is 2.53. The van der Waals surface area contributed by atoms with E-state index in [1.807, 2.05) is 6.92 Å². The second kappa shape index (κ2) is 4.65. The average Bonchev–Trinajstić information content (AvgIpc) is 2.82. The molecule has 0 aliphatic rings. The summed E-state index contributed by atoms with van der Waals surface area (Å²) in [5.74, 6) is 0. The lowest BCUT2D eigenvalue weighted by Crippen LogP contribution is -2.04. The van der Waals surface area contributed by atoms with Crippen LogP contribution in [0.4, 0.5) is 11.4 Å². The van der Waals surface area contributed by atoms with E-state index in [4.69, 9.17) is 0 Å². The molecule has 0 fully saturated rings. The van der Waals surface area contributed by atoms with Gasteiger partial charge in [-0.2, -0.15) is 0 Å². The largest absolute Gasteiger partial charge is 0.380 e.